The van der Waals surface area contributed by atoms with Crippen LogP contribution < -0.4 is 25.0 Å². The first-order valence-electron chi connectivity index (χ1n) is 11.3. The van der Waals surface area contributed by atoms with Crippen LogP contribution in [0.1, 0.15) is 34.8 Å². The lowest BCUT2D eigenvalue weighted by molar-refractivity contribution is -0.120. The Morgan fingerprint density at radius 3 is 2.43 bits per heavy atom. The van der Waals surface area contributed by atoms with Gasteiger partial charge >= 0.3 is 0 Å². The average molecular weight is 476 g/mol. The summed E-state index contributed by atoms with van der Waals surface area (Å²) in [6.07, 6.45) is 2.39. The minimum atomic E-state index is -0.452. The molecule has 0 aliphatic heterocycles. The number of hydrogen-bond donors (Lipinski definition) is 2. The summed E-state index contributed by atoms with van der Waals surface area (Å²) in [7, 11) is 1.56. The molecule has 2 amide bonds. The van der Waals surface area contributed by atoms with Crippen LogP contribution in [0.15, 0.2) is 77.9 Å². The van der Waals surface area contributed by atoms with Crippen LogP contribution in [0.4, 0.5) is 0 Å². The van der Waals surface area contributed by atoms with E-state index < -0.39 is 5.91 Å². The van der Waals surface area contributed by atoms with Crippen LogP contribution in [-0.4, -0.2) is 38.3 Å². The number of ether oxygens (including phenoxy) is 3. The Labute approximate surface area is 204 Å². The summed E-state index contributed by atoms with van der Waals surface area (Å²) >= 11 is 0. The normalized spacial score (nSPS) is 10.6. The SMILES string of the molecule is CCCOc1ccc(C(=O)NCC(=O)N/N=C\c2ccc(OCc3ccccc3)c(OC)c2)cc1. The van der Waals surface area contributed by atoms with Gasteiger partial charge in [0.2, 0.25) is 0 Å². The highest BCUT2D eigenvalue weighted by molar-refractivity contribution is 5.96. The van der Waals surface area contributed by atoms with Crippen LogP contribution in [-0.2, 0) is 11.4 Å². The number of benzene rings is 3. The summed E-state index contributed by atoms with van der Waals surface area (Å²) in [6.45, 7) is 2.85. The molecular weight excluding hydrogens is 446 g/mol. The third kappa shape index (κ3) is 8.19. The quantitative estimate of drug-likeness (QED) is 0.305. The molecule has 0 heterocycles. The van der Waals surface area contributed by atoms with E-state index in [2.05, 4.69) is 15.8 Å². The number of nitrogens with zero attached hydrogens (tertiary/aromatic N) is 1. The molecular formula is C27H29N3O5. The van der Waals surface area contributed by atoms with Crippen LogP contribution in [0.25, 0.3) is 0 Å². The molecule has 8 nitrogen and oxygen atoms in total. The van der Waals surface area contributed by atoms with E-state index in [1.54, 1.807) is 49.6 Å². The van der Waals surface area contributed by atoms with Crippen molar-refractivity contribution < 1.29 is 23.8 Å². The Balaban J connectivity index is 1.45. The fourth-order valence-corrected chi connectivity index (χ4v) is 3.02. The lowest BCUT2D eigenvalue weighted by Gasteiger charge is -2.11. The van der Waals surface area contributed by atoms with Crippen LogP contribution >= 0.6 is 0 Å². The zero-order chi connectivity index (χ0) is 24.9. The standard InChI is InChI=1S/C27H29N3O5/c1-3-15-34-23-12-10-22(11-13-23)27(32)28-18-26(31)30-29-17-21-9-14-24(25(16-21)33-2)35-19-20-7-5-4-6-8-20/h4-14,16-17H,3,15,18-19H2,1-2H3,(H,28,32)(H,30,31)/b29-17-. The molecule has 0 fully saturated rings. The lowest BCUT2D eigenvalue weighted by atomic mass is 10.2. The molecule has 8 heteroatoms. The summed E-state index contributed by atoms with van der Waals surface area (Å²) in [4.78, 5) is 24.3. The van der Waals surface area contributed by atoms with Crippen LogP contribution in [0.2, 0.25) is 0 Å². The van der Waals surface area contributed by atoms with Crippen molar-refractivity contribution in [2.75, 3.05) is 20.3 Å². The third-order valence-corrected chi connectivity index (χ3v) is 4.83. The zero-order valence-corrected chi connectivity index (χ0v) is 19.8. The van der Waals surface area contributed by atoms with Crippen LogP contribution in [0.5, 0.6) is 17.2 Å². The van der Waals surface area contributed by atoms with Gasteiger partial charge < -0.3 is 19.5 Å². The molecule has 0 bridgehead atoms. The van der Waals surface area contributed by atoms with Crippen molar-refractivity contribution in [1.29, 1.82) is 0 Å². The molecule has 0 atom stereocenters. The molecule has 0 aromatic heterocycles. The largest absolute Gasteiger partial charge is 0.494 e. The summed E-state index contributed by atoms with van der Waals surface area (Å²) < 4.78 is 16.7. The summed E-state index contributed by atoms with van der Waals surface area (Å²) in [5.74, 6) is 1.04. The van der Waals surface area contributed by atoms with Crippen LogP contribution in [0, 0.1) is 0 Å². The number of hydrazone groups is 1. The van der Waals surface area contributed by atoms with Gasteiger partial charge in [-0.3, -0.25) is 9.59 Å². The van der Waals surface area contributed by atoms with E-state index in [0.717, 1.165) is 12.0 Å². The third-order valence-electron chi connectivity index (χ3n) is 4.83. The van der Waals surface area contributed by atoms with Gasteiger partial charge in [0, 0.05) is 5.56 Å². The number of amides is 2. The number of rotatable bonds is 12. The van der Waals surface area contributed by atoms with Gasteiger partial charge in [0.25, 0.3) is 11.8 Å². The summed E-state index contributed by atoms with van der Waals surface area (Å²) in [5, 5.41) is 6.50. The van der Waals surface area contributed by atoms with Gasteiger partial charge in [-0.05, 0) is 60.0 Å². The van der Waals surface area contributed by atoms with Crippen molar-refractivity contribution in [1.82, 2.24) is 10.7 Å². The van der Waals surface area contributed by atoms with Crippen LogP contribution in [0.3, 0.4) is 0 Å². The molecule has 0 saturated heterocycles. The fourth-order valence-electron chi connectivity index (χ4n) is 3.02. The Morgan fingerprint density at radius 2 is 1.71 bits per heavy atom. The molecule has 0 saturated carbocycles. The average Bonchev–Trinajstić information content (AvgIpc) is 2.90. The predicted molar refractivity (Wildman–Crippen MR) is 134 cm³/mol. The van der Waals surface area contributed by atoms with Gasteiger partial charge in [0.15, 0.2) is 11.5 Å². The van der Waals surface area contributed by atoms with E-state index in [9.17, 15) is 9.59 Å². The summed E-state index contributed by atoms with van der Waals surface area (Å²) in [5.41, 5.74) is 4.59. The topological polar surface area (TPSA) is 98.2 Å². The number of methoxy groups -OCH3 is 1. The number of nitrogens with one attached hydrogen (secondary N) is 2. The predicted octanol–water partition coefficient (Wildman–Crippen LogP) is 3.94. The first kappa shape index (κ1) is 25.3. The molecule has 0 radical (unpaired) electrons. The minimum absolute atomic E-state index is 0.208. The molecule has 0 spiro atoms. The van der Waals surface area contributed by atoms with E-state index in [1.807, 2.05) is 37.3 Å². The maximum atomic E-state index is 12.2. The highest BCUT2D eigenvalue weighted by Crippen LogP contribution is 2.28. The van der Waals surface area contributed by atoms with E-state index >= 15 is 0 Å². The molecule has 0 aliphatic rings. The minimum Gasteiger partial charge on any atom is -0.494 e. The van der Waals surface area contributed by atoms with Crippen molar-refractivity contribution in [3.63, 3.8) is 0 Å². The molecule has 2 N–H and O–H groups in total. The van der Waals surface area contributed by atoms with E-state index in [1.165, 1.54) is 6.21 Å². The first-order valence-corrected chi connectivity index (χ1v) is 11.3. The van der Waals surface area contributed by atoms with Crippen molar-refractivity contribution >= 4 is 18.0 Å². The van der Waals surface area contributed by atoms with Gasteiger partial charge in [0.05, 0.1) is 26.5 Å². The van der Waals surface area contributed by atoms with Crippen molar-refractivity contribution in [3.05, 3.63) is 89.5 Å². The van der Waals surface area contributed by atoms with Gasteiger partial charge in [-0.25, -0.2) is 5.43 Å². The second-order valence-electron chi connectivity index (χ2n) is 7.53. The highest BCUT2D eigenvalue weighted by Gasteiger charge is 2.09. The van der Waals surface area contributed by atoms with Gasteiger partial charge in [-0.2, -0.15) is 5.10 Å². The molecule has 35 heavy (non-hydrogen) atoms. The van der Waals surface area contributed by atoms with Crippen molar-refractivity contribution in [3.8, 4) is 17.2 Å². The Kier molecular flexibility index (Phi) is 9.68. The molecule has 0 unspecified atom stereocenters. The Morgan fingerprint density at radius 1 is 0.943 bits per heavy atom. The van der Waals surface area contributed by atoms with Gasteiger partial charge in [-0.15, -0.1) is 0 Å². The second kappa shape index (κ2) is 13.4. The molecule has 3 rings (SSSR count). The smallest absolute Gasteiger partial charge is 0.259 e. The first-order chi connectivity index (χ1) is 17.1. The maximum Gasteiger partial charge on any atom is 0.259 e. The van der Waals surface area contributed by atoms with E-state index in [-0.39, 0.29) is 12.5 Å². The van der Waals surface area contributed by atoms with Gasteiger partial charge in [-0.1, -0.05) is 37.3 Å². The fraction of sp³-hybridized carbons (Fsp3) is 0.222. The molecule has 0 aliphatic carbocycles. The number of carbonyl (C=O) groups excluding carboxylic acids is 2. The molecule has 3 aromatic carbocycles. The highest BCUT2D eigenvalue weighted by atomic mass is 16.5. The number of hydrogen-bond acceptors (Lipinski definition) is 6. The zero-order valence-electron chi connectivity index (χ0n) is 19.8. The molecule has 182 valence electrons. The van der Waals surface area contributed by atoms with Crippen molar-refractivity contribution in [2.45, 2.75) is 20.0 Å². The maximum absolute atomic E-state index is 12.2. The molecule has 3 aromatic rings. The summed E-state index contributed by atoms with van der Waals surface area (Å²) in [6, 6.07) is 21.9. The second-order valence-corrected chi connectivity index (χ2v) is 7.53. The lowest BCUT2D eigenvalue weighted by Crippen LogP contribution is -2.34. The van der Waals surface area contributed by atoms with E-state index in [4.69, 9.17) is 14.2 Å². The van der Waals surface area contributed by atoms with Gasteiger partial charge in [0.1, 0.15) is 12.4 Å². The monoisotopic (exact) mass is 475 g/mol. The number of carbonyl (C=O) groups is 2. The van der Waals surface area contributed by atoms with Crippen molar-refractivity contribution in [2.24, 2.45) is 5.10 Å². The van der Waals surface area contributed by atoms with E-state index in [0.29, 0.717) is 41.6 Å². The Bertz CT molecular complexity index is 1130. The Hall–Kier alpha value is -4.33.